The summed E-state index contributed by atoms with van der Waals surface area (Å²) in [5.74, 6) is -0.607. The van der Waals surface area contributed by atoms with Crippen molar-refractivity contribution in [1.29, 1.82) is 0 Å². The number of carbonyl (C=O) groups excluding carboxylic acids is 1. The molecule has 0 aliphatic heterocycles. The number of carbonyl (C=O) groups is 1. The van der Waals surface area contributed by atoms with Crippen LogP contribution in [0.2, 0.25) is 0 Å². The van der Waals surface area contributed by atoms with Crippen LogP contribution in [0.15, 0.2) is 22.7 Å². The number of amides is 1. The Bertz CT molecular complexity index is 488. The van der Waals surface area contributed by atoms with Gasteiger partial charge in [0.15, 0.2) is 0 Å². The molecule has 0 fully saturated rings. The van der Waals surface area contributed by atoms with Crippen LogP contribution in [0, 0.1) is 11.7 Å². The summed E-state index contributed by atoms with van der Waals surface area (Å²) in [7, 11) is 0. The molecule has 0 aromatic heterocycles. The van der Waals surface area contributed by atoms with E-state index in [1.165, 1.54) is 6.07 Å². The summed E-state index contributed by atoms with van der Waals surface area (Å²) in [6, 6.07) is 4.48. The van der Waals surface area contributed by atoms with Crippen molar-refractivity contribution in [2.24, 2.45) is 11.7 Å². The van der Waals surface area contributed by atoms with Crippen molar-refractivity contribution in [3.8, 4) is 0 Å². The summed E-state index contributed by atoms with van der Waals surface area (Å²) in [5, 5.41) is 0. The van der Waals surface area contributed by atoms with Gasteiger partial charge in [-0.2, -0.15) is 0 Å². The average molecular weight is 361 g/mol. The highest BCUT2D eigenvalue weighted by Crippen LogP contribution is 2.22. The zero-order valence-corrected chi connectivity index (χ0v) is 13.9. The second-order valence-corrected chi connectivity index (χ2v) is 6.34. The number of thiocarbonyl (C=S) groups is 1. The van der Waals surface area contributed by atoms with E-state index in [1.54, 1.807) is 17.0 Å². The average Bonchev–Trinajstić information content (AvgIpc) is 2.33. The lowest BCUT2D eigenvalue weighted by atomic mass is 10.1. The fourth-order valence-corrected chi connectivity index (χ4v) is 2.42. The summed E-state index contributed by atoms with van der Waals surface area (Å²) in [4.78, 5) is 14.4. The molecule has 1 aromatic rings. The molecule has 110 valence electrons. The van der Waals surface area contributed by atoms with Gasteiger partial charge in [0.2, 0.25) is 0 Å². The third-order valence-electron chi connectivity index (χ3n) is 2.68. The molecule has 1 rings (SSSR count). The molecule has 0 heterocycles. The third-order valence-corrected chi connectivity index (χ3v) is 3.54. The Kier molecular flexibility index (Phi) is 6.55. The van der Waals surface area contributed by atoms with Gasteiger partial charge in [0.1, 0.15) is 5.82 Å². The fraction of sp³-hybridized carbons (Fsp3) is 0.429. The Labute approximate surface area is 132 Å². The molecular formula is C14H18BrFN2OS. The van der Waals surface area contributed by atoms with Crippen molar-refractivity contribution >= 4 is 39.0 Å². The largest absolute Gasteiger partial charge is 0.393 e. The lowest BCUT2D eigenvalue weighted by Gasteiger charge is -2.25. The predicted molar refractivity (Wildman–Crippen MR) is 86.2 cm³/mol. The monoisotopic (exact) mass is 360 g/mol. The number of nitrogens with two attached hydrogens (primary N) is 1. The minimum Gasteiger partial charge on any atom is -0.393 e. The maximum atomic E-state index is 13.9. The SMILES string of the molecule is CC(C)CN(CCC(N)=S)C(=O)c1c(F)cccc1Br. The number of benzene rings is 1. The van der Waals surface area contributed by atoms with E-state index in [9.17, 15) is 9.18 Å². The topological polar surface area (TPSA) is 46.3 Å². The van der Waals surface area contributed by atoms with Crippen LogP contribution < -0.4 is 5.73 Å². The van der Waals surface area contributed by atoms with Gasteiger partial charge >= 0.3 is 0 Å². The van der Waals surface area contributed by atoms with Gasteiger partial charge in [-0.05, 0) is 34.0 Å². The quantitative estimate of drug-likeness (QED) is 0.791. The van der Waals surface area contributed by atoms with Crippen molar-refractivity contribution in [3.63, 3.8) is 0 Å². The number of hydrogen-bond donors (Lipinski definition) is 1. The first-order valence-corrected chi connectivity index (χ1v) is 7.54. The summed E-state index contributed by atoms with van der Waals surface area (Å²) >= 11 is 8.06. The Balaban J connectivity index is 3.00. The van der Waals surface area contributed by atoms with Gasteiger partial charge in [0.05, 0.1) is 10.6 Å². The Morgan fingerprint density at radius 1 is 1.50 bits per heavy atom. The molecule has 0 spiro atoms. The number of halogens is 2. The molecule has 0 unspecified atom stereocenters. The van der Waals surface area contributed by atoms with Crippen LogP contribution in [0.5, 0.6) is 0 Å². The van der Waals surface area contributed by atoms with Crippen LogP contribution in [0.4, 0.5) is 4.39 Å². The van der Waals surface area contributed by atoms with Gasteiger partial charge in [0.25, 0.3) is 5.91 Å². The fourth-order valence-electron chi connectivity index (χ4n) is 1.82. The molecule has 1 amide bonds. The second kappa shape index (κ2) is 7.69. The smallest absolute Gasteiger partial charge is 0.258 e. The molecular weight excluding hydrogens is 343 g/mol. The maximum Gasteiger partial charge on any atom is 0.258 e. The van der Waals surface area contributed by atoms with Crippen LogP contribution >= 0.6 is 28.1 Å². The van der Waals surface area contributed by atoms with Crippen molar-refractivity contribution in [3.05, 3.63) is 34.1 Å². The lowest BCUT2D eigenvalue weighted by molar-refractivity contribution is 0.0735. The zero-order valence-electron chi connectivity index (χ0n) is 11.5. The van der Waals surface area contributed by atoms with Crippen LogP contribution in [-0.2, 0) is 0 Å². The molecule has 0 saturated carbocycles. The molecule has 2 N–H and O–H groups in total. The molecule has 1 aromatic carbocycles. The highest BCUT2D eigenvalue weighted by molar-refractivity contribution is 9.10. The van der Waals surface area contributed by atoms with E-state index >= 15 is 0 Å². The van der Waals surface area contributed by atoms with E-state index in [1.807, 2.05) is 13.8 Å². The van der Waals surface area contributed by atoms with Crippen LogP contribution in [0.1, 0.15) is 30.6 Å². The standard InChI is InChI=1S/C14H18BrFN2OS/c1-9(2)8-18(7-6-12(17)20)14(19)13-10(15)4-3-5-11(13)16/h3-5,9H,6-8H2,1-2H3,(H2,17,20). The molecule has 0 bridgehead atoms. The first-order chi connectivity index (χ1) is 9.32. The molecule has 0 aliphatic carbocycles. The minimum atomic E-state index is -0.534. The Morgan fingerprint density at radius 3 is 2.65 bits per heavy atom. The molecule has 0 radical (unpaired) electrons. The van der Waals surface area contributed by atoms with E-state index < -0.39 is 5.82 Å². The lowest BCUT2D eigenvalue weighted by Crippen LogP contribution is -2.37. The van der Waals surface area contributed by atoms with Crippen LogP contribution in [0.3, 0.4) is 0 Å². The summed E-state index contributed by atoms with van der Waals surface area (Å²) in [5.41, 5.74) is 5.53. The summed E-state index contributed by atoms with van der Waals surface area (Å²) in [6.07, 6.45) is 0.430. The minimum absolute atomic E-state index is 0.0519. The van der Waals surface area contributed by atoms with Gasteiger partial charge < -0.3 is 10.6 Å². The van der Waals surface area contributed by atoms with Gasteiger partial charge in [-0.1, -0.05) is 32.1 Å². The maximum absolute atomic E-state index is 13.9. The molecule has 3 nitrogen and oxygen atoms in total. The van der Waals surface area contributed by atoms with Gasteiger partial charge in [-0.25, -0.2) is 4.39 Å². The number of nitrogens with zero attached hydrogens (tertiary/aromatic N) is 1. The van der Waals surface area contributed by atoms with Crippen molar-refractivity contribution in [2.45, 2.75) is 20.3 Å². The van der Waals surface area contributed by atoms with E-state index in [0.717, 1.165) is 0 Å². The number of hydrogen-bond acceptors (Lipinski definition) is 2. The van der Waals surface area contributed by atoms with Crippen molar-refractivity contribution in [1.82, 2.24) is 4.90 Å². The Morgan fingerprint density at radius 2 is 2.15 bits per heavy atom. The van der Waals surface area contributed by atoms with E-state index in [4.69, 9.17) is 18.0 Å². The first-order valence-electron chi connectivity index (χ1n) is 6.34. The first kappa shape index (κ1) is 17.0. The van der Waals surface area contributed by atoms with Gasteiger partial charge in [-0.3, -0.25) is 4.79 Å². The highest BCUT2D eigenvalue weighted by Gasteiger charge is 2.22. The Hall–Kier alpha value is -1.01. The van der Waals surface area contributed by atoms with Crippen molar-refractivity contribution < 1.29 is 9.18 Å². The zero-order chi connectivity index (χ0) is 15.3. The van der Waals surface area contributed by atoms with E-state index in [2.05, 4.69) is 15.9 Å². The van der Waals surface area contributed by atoms with Gasteiger partial charge in [-0.15, -0.1) is 0 Å². The third kappa shape index (κ3) is 4.83. The van der Waals surface area contributed by atoms with Crippen molar-refractivity contribution in [2.75, 3.05) is 13.1 Å². The van der Waals surface area contributed by atoms with E-state index in [0.29, 0.717) is 29.0 Å². The normalized spacial score (nSPS) is 10.7. The van der Waals surface area contributed by atoms with Crippen LogP contribution in [0.25, 0.3) is 0 Å². The predicted octanol–water partition coefficient (Wildman–Crippen LogP) is 3.36. The van der Waals surface area contributed by atoms with E-state index in [-0.39, 0.29) is 17.4 Å². The van der Waals surface area contributed by atoms with Crippen LogP contribution in [-0.4, -0.2) is 28.9 Å². The molecule has 6 heteroatoms. The number of rotatable bonds is 6. The van der Waals surface area contributed by atoms with Gasteiger partial charge in [0, 0.05) is 24.0 Å². The molecule has 0 atom stereocenters. The highest BCUT2D eigenvalue weighted by atomic mass is 79.9. The molecule has 20 heavy (non-hydrogen) atoms. The second-order valence-electron chi connectivity index (χ2n) is 4.96. The molecule has 0 aliphatic rings. The molecule has 0 saturated heterocycles. The summed E-state index contributed by atoms with van der Waals surface area (Å²) < 4.78 is 14.3. The summed E-state index contributed by atoms with van der Waals surface area (Å²) in [6.45, 7) is 4.92.